The van der Waals surface area contributed by atoms with Crippen LogP contribution in [0.15, 0.2) is 30.3 Å². The van der Waals surface area contributed by atoms with Crippen LogP contribution in [0.1, 0.15) is 22.7 Å². The van der Waals surface area contributed by atoms with Gasteiger partial charge in [0.05, 0.1) is 34.5 Å². The summed E-state index contributed by atoms with van der Waals surface area (Å²) < 4.78 is 22.0. The Balaban J connectivity index is 2.18. The minimum atomic E-state index is 0.0635. The van der Waals surface area contributed by atoms with Crippen LogP contribution in [0.5, 0.6) is 23.0 Å². The molecule has 2 aromatic carbocycles. The first-order chi connectivity index (χ1) is 12.1. The minimum Gasteiger partial charge on any atom is -0.497 e. The number of ether oxygens (including phenoxy) is 4. The standard InChI is InChI=1S/C20H25NO4/c1-21-9-8-13-10-18(24-4)19(25-5)12-15(13)20(21)16-11-14(22-2)6-7-17(16)23-3/h6-7,10-12,20H,8-9H2,1-5H3/t20-/m1/s1. The smallest absolute Gasteiger partial charge is 0.161 e. The van der Waals surface area contributed by atoms with Crippen molar-refractivity contribution in [3.8, 4) is 23.0 Å². The third kappa shape index (κ3) is 3.12. The monoisotopic (exact) mass is 343 g/mol. The summed E-state index contributed by atoms with van der Waals surface area (Å²) in [5.74, 6) is 3.17. The zero-order valence-electron chi connectivity index (χ0n) is 15.5. The van der Waals surface area contributed by atoms with E-state index in [4.69, 9.17) is 18.9 Å². The van der Waals surface area contributed by atoms with Crippen molar-refractivity contribution in [3.05, 3.63) is 47.0 Å². The average Bonchev–Trinajstić information content (AvgIpc) is 2.66. The second kappa shape index (κ2) is 7.23. The summed E-state index contributed by atoms with van der Waals surface area (Å²) in [6.07, 6.45) is 0.967. The average molecular weight is 343 g/mol. The Morgan fingerprint density at radius 3 is 2.12 bits per heavy atom. The minimum absolute atomic E-state index is 0.0635. The molecule has 1 aliphatic heterocycles. The van der Waals surface area contributed by atoms with Crippen molar-refractivity contribution in [2.24, 2.45) is 0 Å². The molecule has 0 radical (unpaired) electrons. The lowest BCUT2D eigenvalue weighted by atomic mass is 9.87. The summed E-state index contributed by atoms with van der Waals surface area (Å²) in [6.45, 7) is 0.952. The highest BCUT2D eigenvalue weighted by atomic mass is 16.5. The van der Waals surface area contributed by atoms with E-state index in [-0.39, 0.29) is 6.04 Å². The van der Waals surface area contributed by atoms with Crippen LogP contribution in [-0.4, -0.2) is 46.9 Å². The molecular formula is C20H25NO4. The summed E-state index contributed by atoms with van der Waals surface area (Å²) >= 11 is 0. The van der Waals surface area contributed by atoms with E-state index in [0.29, 0.717) is 0 Å². The maximum Gasteiger partial charge on any atom is 0.161 e. The molecule has 0 unspecified atom stereocenters. The first kappa shape index (κ1) is 17.4. The van der Waals surface area contributed by atoms with Crippen LogP contribution in [0.4, 0.5) is 0 Å². The van der Waals surface area contributed by atoms with E-state index in [9.17, 15) is 0 Å². The lowest BCUT2D eigenvalue weighted by Gasteiger charge is -2.36. The summed E-state index contributed by atoms with van der Waals surface area (Å²) in [7, 11) is 8.84. The molecule has 0 aliphatic carbocycles. The number of hydrogen-bond donors (Lipinski definition) is 0. The van der Waals surface area contributed by atoms with E-state index < -0.39 is 0 Å². The molecular weight excluding hydrogens is 318 g/mol. The van der Waals surface area contributed by atoms with Crippen LogP contribution in [0.25, 0.3) is 0 Å². The molecule has 0 N–H and O–H groups in total. The van der Waals surface area contributed by atoms with Gasteiger partial charge in [-0.3, -0.25) is 4.90 Å². The van der Waals surface area contributed by atoms with Gasteiger partial charge in [0.15, 0.2) is 11.5 Å². The molecule has 0 spiro atoms. The van der Waals surface area contributed by atoms with Crippen LogP contribution >= 0.6 is 0 Å². The molecule has 0 saturated heterocycles. The van der Waals surface area contributed by atoms with Crippen LogP contribution in [-0.2, 0) is 6.42 Å². The first-order valence-electron chi connectivity index (χ1n) is 8.29. The fraction of sp³-hybridized carbons (Fsp3) is 0.400. The Kier molecular flexibility index (Phi) is 5.04. The van der Waals surface area contributed by atoms with E-state index in [1.165, 1.54) is 11.1 Å². The zero-order chi connectivity index (χ0) is 18.0. The topological polar surface area (TPSA) is 40.2 Å². The van der Waals surface area contributed by atoms with Crippen LogP contribution in [0, 0.1) is 0 Å². The van der Waals surface area contributed by atoms with Gasteiger partial charge in [0.25, 0.3) is 0 Å². The molecule has 2 aromatic rings. The summed E-state index contributed by atoms with van der Waals surface area (Å²) in [6, 6.07) is 10.1. The summed E-state index contributed by atoms with van der Waals surface area (Å²) in [4.78, 5) is 2.32. The Morgan fingerprint density at radius 1 is 0.800 bits per heavy atom. The van der Waals surface area contributed by atoms with E-state index in [0.717, 1.165) is 41.5 Å². The van der Waals surface area contributed by atoms with Gasteiger partial charge in [-0.05, 0) is 54.9 Å². The van der Waals surface area contributed by atoms with Gasteiger partial charge in [-0.15, -0.1) is 0 Å². The number of nitrogens with zero attached hydrogens (tertiary/aromatic N) is 1. The van der Waals surface area contributed by atoms with Gasteiger partial charge >= 0.3 is 0 Å². The van der Waals surface area contributed by atoms with Crippen molar-refractivity contribution in [1.29, 1.82) is 0 Å². The van der Waals surface area contributed by atoms with E-state index in [1.807, 2.05) is 18.2 Å². The second-order valence-corrected chi connectivity index (χ2v) is 6.15. The molecule has 0 bridgehead atoms. The number of benzene rings is 2. The van der Waals surface area contributed by atoms with Crippen LogP contribution < -0.4 is 18.9 Å². The fourth-order valence-corrected chi connectivity index (χ4v) is 3.53. The van der Waals surface area contributed by atoms with Crippen molar-refractivity contribution in [1.82, 2.24) is 4.90 Å². The molecule has 1 heterocycles. The Bertz CT molecular complexity index is 760. The van der Waals surface area contributed by atoms with Crippen molar-refractivity contribution in [2.45, 2.75) is 12.5 Å². The molecule has 5 heteroatoms. The largest absolute Gasteiger partial charge is 0.497 e. The number of fused-ring (bicyclic) bond motifs is 1. The second-order valence-electron chi connectivity index (χ2n) is 6.15. The number of hydrogen-bond acceptors (Lipinski definition) is 5. The third-order valence-corrected chi connectivity index (χ3v) is 4.85. The molecule has 25 heavy (non-hydrogen) atoms. The Labute approximate surface area is 149 Å². The fourth-order valence-electron chi connectivity index (χ4n) is 3.53. The SMILES string of the molecule is COc1ccc(OC)c([C@H]2c3cc(OC)c(OC)cc3CCN2C)c1. The molecule has 0 aromatic heterocycles. The van der Waals surface area contributed by atoms with Gasteiger partial charge in [0.2, 0.25) is 0 Å². The van der Waals surface area contributed by atoms with E-state index in [2.05, 4.69) is 24.1 Å². The molecule has 0 amide bonds. The predicted molar refractivity (Wildman–Crippen MR) is 97.3 cm³/mol. The molecule has 3 rings (SSSR count). The number of likely N-dealkylation sites (N-methyl/N-ethyl adjacent to an activating group) is 1. The van der Waals surface area contributed by atoms with Gasteiger partial charge < -0.3 is 18.9 Å². The molecule has 1 atom stereocenters. The van der Waals surface area contributed by atoms with Gasteiger partial charge in [0.1, 0.15) is 11.5 Å². The van der Waals surface area contributed by atoms with E-state index >= 15 is 0 Å². The maximum atomic E-state index is 5.62. The van der Waals surface area contributed by atoms with Crippen molar-refractivity contribution >= 4 is 0 Å². The zero-order valence-corrected chi connectivity index (χ0v) is 15.5. The normalized spacial score (nSPS) is 16.9. The van der Waals surface area contributed by atoms with Gasteiger partial charge in [0, 0.05) is 12.1 Å². The molecule has 134 valence electrons. The quantitative estimate of drug-likeness (QED) is 0.833. The lowest BCUT2D eigenvalue weighted by molar-refractivity contribution is 0.255. The van der Waals surface area contributed by atoms with Gasteiger partial charge in [-0.1, -0.05) is 0 Å². The lowest BCUT2D eigenvalue weighted by Crippen LogP contribution is -2.33. The third-order valence-electron chi connectivity index (χ3n) is 4.85. The van der Waals surface area contributed by atoms with Gasteiger partial charge in [-0.25, -0.2) is 0 Å². The van der Waals surface area contributed by atoms with Crippen molar-refractivity contribution in [3.63, 3.8) is 0 Å². The maximum absolute atomic E-state index is 5.62. The molecule has 0 saturated carbocycles. The van der Waals surface area contributed by atoms with Crippen LogP contribution in [0.3, 0.4) is 0 Å². The summed E-state index contributed by atoms with van der Waals surface area (Å²) in [5.41, 5.74) is 3.56. The Hall–Kier alpha value is -2.40. The van der Waals surface area contributed by atoms with Crippen molar-refractivity contribution in [2.75, 3.05) is 42.0 Å². The van der Waals surface area contributed by atoms with Gasteiger partial charge in [-0.2, -0.15) is 0 Å². The molecule has 0 fully saturated rings. The van der Waals surface area contributed by atoms with Crippen molar-refractivity contribution < 1.29 is 18.9 Å². The first-order valence-corrected chi connectivity index (χ1v) is 8.29. The number of rotatable bonds is 5. The Morgan fingerprint density at radius 2 is 1.48 bits per heavy atom. The molecule has 5 nitrogen and oxygen atoms in total. The van der Waals surface area contributed by atoms with E-state index in [1.54, 1.807) is 28.4 Å². The molecule has 1 aliphatic rings. The highest BCUT2D eigenvalue weighted by Gasteiger charge is 2.30. The highest BCUT2D eigenvalue weighted by Crippen LogP contribution is 2.43. The number of methoxy groups -OCH3 is 4. The predicted octanol–water partition coefficient (Wildman–Crippen LogP) is 3.30. The van der Waals surface area contributed by atoms with Crippen LogP contribution in [0.2, 0.25) is 0 Å². The summed E-state index contributed by atoms with van der Waals surface area (Å²) in [5, 5.41) is 0. The highest BCUT2D eigenvalue weighted by molar-refractivity contribution is 5.54.